The number of benzene rings is 1. The third kappa shape index (κ3) is 4.81. The van der Waals surface area contributed by atoms with Crippen molar-refractivity contribution >= 4 is 17.5 Å². The maximum atomic E-state index is 12.1. The Balaban J connectivity index is 1.96. The van der Waals surface area contributed by atoms with Crippen LogP contribution in [0.25, 0.3) is 0 Å². The second-order valence-corrected chi connectivity index (χ2v) is 7.02. The zero-order valence-electron chi connectivity index (χ0n) is 13.6. The van der Waals surface area contributed by atoms with Gasteiger partial charge in [-0.3, -0.25) is 9.48 Å². The molecule has 1 amide bonds. The van der Waals surface area contributed by atoms with Crippen LogP contribution in [0.15, 0.2) is 36.7 Å². The van der Waals surface area contributed by atoms with E-state index in [9.17, 15) is 9.90 Å². The van der Waals surface area contributed by atoms with Gasteiger partial charge in [0.1, 0.15) is 0 Å². The molecule has 0 fully saturated rings. The van der Waals surface area contributed by atoms with Gasteiger partial charge in [0.25, 0.3) is 5.91 Å². The van der Waals surface area contributed by atoms with E-state index < -0.39 is 6.10 Å². The van der Waals surface area contributed by atoms with Crippen molar-refractivity contribution in [2.45, 2.75) is 33.4 Å². The van der Waals surface area contributed by atoms with Crippen molar-refractivity contribution < 1.29 is 9.90 Å². The van der Waals surface area contributed by atoms with Gasteiger partial charge in [-0.15, -0.1) is 0 Å². The van der Waals surface area contributed by atoms with Gasteiger partial charge in [-0.2, -0.15) is 5.10 Å². The molecule has 0 saturated heterocycles. The summed E-state index contributed by atoms with van der Waals surface area (Å²) in [6.07, 6.45) is 2.57. The molecule has 2 N–H and O–H groups in total. The van der Waals surface area contributed by atoms with Crippen molar-refractivity contribution in [1.29, 1.82) is 0 Å². The van der Waals surface area contributed by atoms with E-state index in [0.29, 0.717) is 17.1 Å². The lowest BCUT2D eigenvalue weighted by molar-refractivity contribution is 0.0587. The third-order valence-electron chi connectivity index (χ3n) is 3.64. The van der Waals surface area contributed by atoms with Crippen LogP contribution in [-0.2, 0) is 6.54 Å². The zero-order valence-corrected chi connectivity index (χ0v) is 14.3. The highest BCUT2D eigenvalue weighted by molar-refractivity contribution is 6.31. The molecule has 1 unspecified atom stereocenters. The number of nitrogens with one attached hydrogen (secondary N) is 1. The van der Waals surface area contributed by atoms with Crippen molar-refractivity contribution in [3.63, 3.8) is 0 Å². The highest BCUT2D eigenvalue weighted by Crippen LogP contribution is 2.18. The number of aliphatic hydroxyl groups excluding tert-OH is 1. The first-order valence-electron chi connectivity index (χ1n) is 7.49. The molecule has 1 aromatic carbocycles. The number of aliphatic hydroxyl groups is 1. The van der Waals surface area contributed by atoms with Crippen molar-refractivity contribution in [1.82, 2.24) is 15.1 Å². The maximum Gasteiger partial charge on any atom is 0.254 e. The number of halogens is 1. The van der Waals surface area contributed by atoms with Crippen LogP contribution in [-0.4, -0.2) is 33.4 Å². The number of nitrogens with zero attached hydrogens (tertiary/aromatic N) is 2. The first kappa shape index (κ1) is 17.5. The van der Waals surface area contributed by atoms with E-state index in [-0.39, 0.29) is 17.9 Å². The summed E-state index contributed by atoms with van der Waals surface area (Å²) in [5.74, 6) is -0.251. The topological polar surface area (TPSA) is 67.2 Å². The summed E-state index contributed by atoms with van der Waals surface area (Å²) >= 11 is 6.12. The molecule has 6 heteroatoms. The van der Waals surface area contributed by atoms with Crippen LogP contribution in [0.4, 0.5) is 0 Å². The van der Waals surface area contributed by atoms with E-state index in [1.807, 2.05) is 45.0 Å². The molecule has 0 bridgehead atoms. The Kier molecular flexibility index (Phi) is 5.44. The molecular formula is C17H22ClN3O2. The Labute approximate surface area is 141 Å². The minimum absolute atomic E-state index is 0.206. The standard InChI is InChI=1S/C17H22ClN3O2/c1-17(2,3)15(22)9-19-16(23)13-8-20-21(11-13)10-12-6-4-5-7-14(12)18/h4-8,11,15,22H,9-10H2,1-3H3,(H,19,23). The van der Waals surface area contributed by atoms with Gasteiger partial charge in [-0.1, -0.05) is 50.6 Å². The Hall–Kier alpha value is -1.85. The summed E-state index contributed by atoms with van der Waals surface area (Å²) in [6, 6.07) is 7.52. The molecule has 1 atom stereocenters. The molecular weight excluding hydrogens is 314 g/mol. The van der Waals surface area contributed by atoms with E-state index in [1.54, 1.807) is 10.9 Å². The lowest BCUT2D eigenvalue weighted by Gasteiger charge is -2.25. The number of hydrogen-bond donors (Lipinski definition) is 2. The largest absolute Gasteiger partial charge is 0.391 e. The fraction of sp³-hybridized carbons (Fsp3) is 0.412. The first-order valence-corrected chi connectivity index (χ1v) is 7.87. The molecule has 0 spiro atoms. The van der Waals surface area contributed by atoms with E-state index in [0.717, 1.165) is 5.56 Å². The van der Waals surface area contributed by atoms with Crippen molar-refractivity contribution in [3.05, 3.63) is 52.8 Å². The molecule has 2 rings (SSSR count). The quantitative estimate of drug-likeness (QED) is 0.882. The molecule has 0 aliphatic carbocycles. The Morgan fingerprint density at radius 2 is 2.09 bits per heavy atom. The fourth-order valence-corrected chi connectivity index (χ4v) is 2.16. The summed E-state index contributed by atoms with van der Waals surface area (Å²) in [5, 5.41) is 17.5. The van der Waals surface area contributed by atoms with Crippen molar-refractivity contribution in [3.8, 4) is 0 Å². The van der Waals surface area contributed by atoms with Gasteiger partial charge in [-0.05, 0) is 17.0 Å². The number of hydrogen-bond acceptors (Lipinski definition) is 3. The molecule has 0 aliphatic rings. The van der Waals surface area contributed by atoms with E-state index in [2.05, 4.69) is 10.4 Å². The molecule has 5 nitrogen and oxygen atoms in total. The van der Waals surface area contributed by atoms with Crippen molar-refractivity contribution in [2.75, 3.05) is 6.54 Å². The van der Waals surface area contributed by atoms with Gasteiger partial charge in [0, 0.05) is 17.8 Å². The van der Waals surface area contributed by atoms with E-state index >= 15 is 0 Å². The second-order valence-electron chi connectivity index (χ2n) is 6.61. The highest BCUT2D eigenvalue weighted by Gasteiger charge is 2.22. The number of rotatable bonds is 5. The Bertz CT molecular complexity index is 676. The van der Waals surface area contributed by atoms with Crippen LogP contribution in [0, 0.1) is 5.41 Å². The summed E-state index contributed by atoms with van der Waals surface area (Å²) in [5.41, 5.74) is 1.12. The average molecular weight is 336 g/mol. The van der Waals surface area contributed by atoms with Gasteiger partial charge in [-0.25, -0.2) is 0 Å². The SMILES string of the molecule is CC(C)(C)C(O)CNC(=O)c1cnn(Cc2ccccc2Cl)c1. The highest BCUT2D eigenvalue weighted by atomic mass is 35.5. The lowest BCUT2D eigenvalue weighted by atomic mass is 9.89. The minimum Gasteiger partial charge on any atom is -0.391 e. The molecule has 0 aliphatic heterocycles. The summed E-state index contributed by atoms with van der Waals surface area (Å²) in [7, 11) is 0. The van der Waals surface area contributed by atoms with E-state index in [1.165, 1.54) is 6.20 Å². The van der Waals surface area contributed by atoms with Gasteiger partial charge in [0.15, 0.2) is 0 Å². The van der Waals surface area contributed by atoms with Gasteiger partial charge < -0.3 is 10.4 Å². The number of carbonyl (C=O) groups is 1. The Morgan fingerprint density at radius 3 is 2.74 bits per heavy atom. The normalized spacial score (nSPS) is 12.9. The number of amides is 1. The fourth-order valence-electron chi connectivity index (χ4n) is 1.97. The molecule has 2 aromatic rings. The molecule has 1 heterocycles. The van der Waals surface area contributed by atoms with Crippen LogP contribution in [0.2, 0.25) is 5.02 Å². The summed E-state index contributed by atoms with van der Waals surface area (Å²) < 4.78 is 1.66. The summed E-state index contributed by atoms with van der Waals surface area (Å²) in [6.45, 7) is 6.47. The van der Waals surface area contributed by atoms with Gasteiger partial charge in [0.2, 0.25) is 0 Å². The van der Waals surface area contributed by atoms with Crippen LogP contribution < -0.4 is 5.32 Å². The minimum atomic E-state index is -0.607. The summed E-state index contributed by atoms with van der Waals surface area (Å²) in [4.78, 5) is 12.1. The van der Waals surface area contributed by atoms with Gasteiger partial charge in [0.05, 0.1) is 24.4 Å². The van der Waals surface area contributed by atoms with Crippen LogP contribution in [0.5, 0.6) is 0 Å². The van der Waals surface area contributed by atoms with Crippen molar-refractivity contribution in [2.24, 2.45) is 5.41 Å². The van der Waals surface area contributed by atoms with Crippen LogP contribution in [0.1, 0.15) is 36.7 Å². The average Bonchev–Trinajstić information content (AvgIpc) is 2.94. The predicted octanol–water partition coefficient (Wildman–Crippen LogP) is 2.72. The molecule has 0 radical (unpaired) electrons. The smallest absolute Gasteiger partial charge is 0.254 e. The second kappa shape index (κ2) is 7.15. The zero-order chi connectivity index (χ0) is 17.0. The third-order valence-corrected chi connectivity index (χ3v) is 4.01. The molecule has 1 aromatic heterocycles. The van der Waals surface area contributed by atoms with E-state index in [4.69, 9.17) is 11.6 Å². The van der Waals surface area contributed by atoms with Crippen LogP contribution >= 0.6 is 11.6 Å². The van der Waals surface area contributed by atoms with Crippen LogP contribution in [0.3, 0.4) is 0 Å². The monoisotopic (exact) mass is 335 g/mol. The number of aromatic nitrogens is 2. The molecule has 124 valence electrons. The van der Waals surface area contributed by atoms with Gasteiger partial charge >= 0.3 is 0 Å². The lowest BCUT2D eigenvalue weighted by Crippen LogP contribution is -2.39. The molecule has 23 heavy (non-hydrogen) atoms. The molecule has 0 saturated carbocycles. The Morgan fingerprint density at radius 1 is 1.39 bits per heavy atom. The predicted molar refractivity (Wildman–Crippen MR) is 90.6 cm³/mol. The first-order chi connectivity index (χ1) is 10.8. The maximum absolute atomic E-state index is 12.1. The number of carbonyl (C=O) groups excluding carboxylic acids is 1.